The summed E-state index contributed by atoms with van der Waals surface area (Å²) in [5, 5.41) is 2.89. The molecule has 0 saturated heterocycles. The second-order valence-corrected chi connectivity index (χ2v) is 2.66. The average molecular weight is 167 g/mol. The molecule has 0 aliphatic heterocycles. The van der Waals surface area contributed by atoms with Gasteiger partial charge in [-0.2, -0.15) is 4.98 Å². The number of aromatic nitrogens is 2. The van der Waals surface area contributed by atoms with E-state index in [-0.39, 0.29) is 6.10 Å². The van der Waals surface area contributed by atoms with Crippen molar-refractivity contribution in [2.24, 2.45) is 0 Å². The number of hydrogen-bond acceptors (Lipinski definition) is 4. The lowest BCUT2D eigenvalue weighted by Gasteiger charge is -2.08. The van der Waals surface area contributed by atoms with Gasteiger partial charge >= 0.3 is 0 Å². The standard InChI is InChI=1S/C8H13N3O/c1-6(2)12-8-5-10-4-7(9-3)11-8/h4-6H,1-3H3,(H,9,11). The Morgan fingerprint density at radius 1 is 1.42 bits per heavy atom. The minimum absolute atomic E-state index is 0.131. The summed E-state index contributed by atoms with van der Waals surface area (Å²) in [6.45, 7) is 3.90. The van der Waals surface area contributed by atoms with Crippen molar-refractivity contribution >= 4 is 5.82 Å². The van der Waals surface area contributed by atoms with Crippen LogP contribution in [0.3, 0.4) is 0 Å². The minimum Gasteiger partial charge on any atom is -0.474 e. The number of nitrogens with one attached hydrogen (secondary N) is 1. The maximum absolute atomic E-state index is 5.34. The molecule has 0 radical (unpaired) electrons. The normalized spacial score (nSPS) is 10.0. The van der Waals surface area contributed by atoms with Gasteiger partial charge in [0.05, 0.1) is 18.5 Å². The Labute approximate surface area is 72.0 Å². The summed E-state index contributed by atoms with van der Waals surface area (Å²) in [7, 11) is 1.79. The second kappa shape index (κ2) is 3.90. The number of hydrogen-bond donors (Lipinski definition) is 1. The van der Waals surface area contributed by atoms with Gasteiger partial charge in [-0.05, 0) is 13.8 Å². The van der Waals surface area contributed by atoms with Crippen molar-refractivity contribution in [3.05, 3.63) is 12.4 Å². The third-order valence-electron chi connectivity index (χ3n) is 1.23. The predicted octanol–water partition coefficient (Wildman–Crippen LogP) is 1.31. The van der Waals surface area contributed by atoms with E-state index >= 15 is 0 Å². The lowest BCUT2D eigenvalue weighted by atomic mass is 10.5. The van der Waals surface area contributed by atoms with Crippen LogP contribution in [0, 0.1) is 0 Å². The van der Waals surface area contributed by atoms with Crippen LogP contribution < -0.4 is 10.1 Å². The summed E-state index contributed by atoms with van der Waals surface area (Å²) in [6.07, 6.45) is 3.38. The summed E-state index contributed by atoms with van der Waals surface area (Å²) in [6, 6.07) is 0. The first kappa shape index (κ1) is 8.77. The third-order valence-corrected chi connectivity index (χ3v) is 1.23. The number of ether oxygens (including phenoxy) is 1. The summed E-state index contributed by atoms with van der Waals surface area (Å²) in [5.74, 6) is 1.27. The van der Waals surface area contributed by atoms with Crippen LogP contribution in [0.15, 0.2) is 12.4 Å². The molecule has 66 valence electrons. The van der Waals surface area contributed by atoms with Crippen LogP contribution in [0.1, 0.15) is 13.8 Å². The average Bonchev–Trinajstić information content (AvgIpc) is 2.03. The lowest BCUT2D eigenvalue weighted by molar-refractivity contribution is 0.232. The SMILES string of the molecule is CNc1cncc(OC(C)C)n1. The summed E-state index contributed by atoms with van der Waals surface area (Å²) in [4.78, 5) is 8.09. The first-order valence-corrected chi connectivity index (χ1v) is 3.89. The van der Waals surface area contributed by atoms with Crippen LogP contribution in [0.25, 0.3) is 0 Å². The van der Waals surface area contributed by atoms with Crippen LogP contribution in [-0.4, -0.2) is 23.1 Å². The van der Waals surface area contributed by atoms with Crippen molar-refractivity contribution in [2.45, 2.75) is 20.0 Å². The van der Waals surface area contributed by atoms with Crippen LogP contribution in [0.4, 0.5) is 5.82 Å². The lowest BCUT2D eigenvalue weighted by Crippen LogP contribution is -2.07. The summed E-state index contributed by atoms with van der Waals surface area (Å²) < 4.78 is 5.34. The minimum atomic E-state index is 0.131. The van der Waals surface area contributed by atoms with E-state index < -0.39 is 0 Å². The van der Waals surface area contributed by atoms with Gasteiger partial charge < -0.3 is 10.1 Å². The fourth-order valence-electron chi connectivity index (χ4n) is 0.767. The van der Waals surface area contributed by atoms with Gasteiger partial charge in [0, 0.05) is 7.05 Å². The highest BCUT2D eigenvalue weighted by atomic mass is 16.5. The topological polar surface area (TPSA) is 47.0 Å². The molecule has 1 rings (SSSR count). The fourth-order valence-corrected chi connectivity index (χ4v) is 0.767. The zero-order valence-corrected chi connectivity index (χ0v) is 7.53. The first-order valence-electron chi connectivity index (χ1n) is 3.89. The van der Waals surface area contributed by atoms with E-state index in [1.165, 1.54) is 0 Å². The molecule has 0 aliphatic carbocycles. The van der Waals surface area contributed by atoms with E-state index in [1.54, 1.807) is 19.4 Å². The monoisotopic (exact) mass is 167 g/mol. The van der Waals surface area contributed by atoms with Gasteiger partial charge in [0.1, 0.15) is 5.82 Å². The molecule has 0 atom stereocenters. The van der Waals surface area contributed by atoms with E-state index in [2.05, 4.69) is 15.3 Å². The number of nitrogens with zero attached hydrogens (tertiary/aromatic N) is 2. The van der Waals surface area contributed by atoms with Crippen LogP contribution in [0.5, 0.6) is 5.88 Å². The van der Waals surface area contributed by atoms with Gasteiger partial charge in [-0.15, -0.1) is 0 Å². The summed E-state index contributed by atoms with van der Waals surface area (Å²) in [5.41, 5.74) is 0. The molecule has 0 aromatic carbocycles. The molecule has 0 aliphatic rings. The van der Waals surface area contributed by atoms with Crippen molar-refractivity contribution in [3.63, 3.8) is 0 Å². The maximum atomic E-state index is 5.34. The first-order chi connectivity index (χ1) is 5.72. The van der Waals surface area contributed by atoms with E-state index in [9.17, 15) is 0 Å². The highest BCUT2D eigenvalue weighted by molar-refractivity contribution is 5.31. The van der Waals surface area contributed by atoms with Gasteiger partial charge in [-0.3, -0.25) is 4.98 Å². The van der Waals surface area contributed by atoms with Gasteiger partial charge in [0.15, 0.2) is 0 Å². The Hall–Kier alpha value is -1.32. The molecular weight excluding hydrogens is 154 g/mol. The smallest absolute Gasteiger partial charge is 0.234 e. The molecule has 4 nitrogen and oxygen atoms in total. The maximum Gasteiger partial charge on any atom is 0.234 e. The molecule has 0 bridgehead atoms. The zero-order valence-electron chi connectivity index (χ0n) is 7.53. The van der Waals surface area contributed by atoms with Gasteiger partial charge in [0.25, 0.3) is 0 Å². The molecule has 1 aromatic heterocycles. The Morgan fingerprint density at radius 2 is 2.17 bits per heavy atom. The third kappa shape index (κ3) is 2.38. The van der Waals surface area contributed by atoms with Gasteiger partial charge in [-0.25, -0.2) is 0 Å². The van der Waals surface area contributed by atoms with Crippen molar-refractivity contribution in [1.29, 1.82) is 0 Å². The van der Waals surface area contributed by atoms with Gasteiger partial charge in [0.2, 0.25) is 5.88 Å². The Kier molecular flexibility index (Phi) is 2.85. The molecule has 1 N–H and O–H groups in total. The number of anilines is 1. The molecule has 0 saturated carbocycles. The molecule has 1 aromatic rings. The molecule has 1 heterocycles. The Bertz CT molecular complexity index is 250. The molecule has 0 spiro atoms. The van der Waals surface area contributed by atoms with Crippen LogP contribution in [-0.2, 0) is 0 Å². The quantitative estimate of drug-likeness (QED) is 0.737. The number of rotatable bonds is 3. The molecular formula is C8H13N3O. The molecule has 4 heteroatoms. The van der Waals surface area contributed by atoms with E-state index in [1.807, 2.05) is 13.8 Å². The van der Waals surface area contributed by atoms with Crippen molar-refractivity contribution in [2.75, 3.05) is 12.4 Å². The predicted molar refractivity (Wildman–Crippen MR) is 47.3 cm³/mol. The van der Waals surface area contributed by atoms with Crippen LogP contribution in [0.2, 0.25) is 0 Å². The van der Waals surface area contributed by atoms with Crippen molar-refractivity contribution < 1.29 is 4.74 Å². The second-order valence-electron chi connectivity index (χ2n) is 2.66. The molecule has 0 unspecified atom stereocenters. The van der Waals surface area contributed by atoms with Gasteiger partial charge in [-0.1, -0.05) is 0 Å². The van der Waals surface area contributed by atoms with Crippen molar-refractivity contribution in [3.8, 4) is 5.88 Å². The molecule has 12 heavy (non-hydrogen) atoms. The highest BCUT2D eigenvalue weighted by Crippen LogP contribution is 2.09. The fraction of sp³-hybridized carbons (Fsp3) is 0.500. The van der Waals surface area contributed by atoms with E-state index in [4.69, 9.17) is 4.74 Å². The van der Waals surface area contributed by atoms with E-state index in [0.29, 0.717) is 11.7 Å². The molecule has 0 amide bonds. The Balaban J connectivity index is 2.72. The molecule has 0 fully saturated rings. The van der Waals surface area contributed by atoms with E-state index in [0.717, 1.165) is 0 Å². The summed E-state index contributed by atoms with van der Waals surface area (Å²) >= 11 is 0. The zero-order chi connectivity index (χ0) is 8.97. The largest absolute Gasteiger partial charge is 0.474 e. The highest BCUT2D eigenvalue weighted by Gasteiger charge is 1.99. The van der Waals surface area contributed by atoms with Crippen LogP contribution >= 0.6 is 0 Å². The van der Waals surface area contributed by atoms with Crippen molar-refractivity contribution in [1.82, 2.24) is 9.97 Å². The Morgan fingerprint density at radius 3 is 2.75 bits per heavy atom.